The van der Waals surface area contributed by atoms with Crippen LogP contribution in [0.1, 0.15) is 10.4 Å². The number of hydrogen-bond acceptors (Lipinski definition) is 6. The molecule has 0 aliphatic carbocycles. The van der Waals surface area contributed by atoms with E-state index in [-0.39, 0.29) is 16.2 Å². The van der Waals surface area contributed by atoms with E-state index in [4.69, 9.17) is 8.92 Å². The second kappa shape index (κ2) is 7.01. The smallest absolute Gasteiger partial charge is 0.339 e. The monoisotopic (exact) mass is 400 g/mol. The molecule has 0 aromatic heterocycles. The highest BCUT2D eigenvalue weighted by molar-refractivity contribution is 9.10. The minimum absolute atomic E-state index is 0.0137. The Hall–Kier alpha value is -2.06. The van der Waals surface area contributed by atoms with Gasteiger partial charge in [0.1, 0.15) is 16.4 Å². The summed E-state index contributed by atoms with van der Waals surface area (Å²) in [4.78, 5) is 11.4. The summed E-state index contributed by atoms with van der Waals surface area (Å²) in [7, 11) is -1.33. The summed E-state index contributed by atoms with van der Waals surface area (Å²) in [6.07, 6.45) is 0. The Bertz CT molecular complexity index is 832. The molecule has 0 aliphatic rings. The quantitative estimate of drug-likeness (QED) is 0.566. The normalized spacial score (nSPS) is 10.9. The van der Waals surface area contributed by atoms with Gasteiger partial charge >= 0.3 is 16.1 Å². The Balaban J connectivity index is 2.31. The van der Waals surface area contributed by atoms with Crippen LogP contribution in [0.15, 0.2) is 51.8 Å². The van der Waals surface area contributed by atoms with E-state index in [1.54, 1.807) is 0 Å². The van der Waals surface area contributed by atoms with Crippen LogP contribution in [-0.4, -0.2) is 28.6 Å². The fraction of sp³-hybridized carbons (Fsp3) is 0.133. The number of ether oxygens (including phenoxy) is 2. The summed E-state index contributed by atoms with van der Waals surface area (Å²) in [6.45, 7) is 0. The van der Waals surface area contributed by atoms with Crippen molar-refractivity contribution >= 4 is 32.0 Å². The Labute approximate surface area is 142 Å². The first-order valence-corrected chi connectivity index (χ1v) is 8.54. The van der Waals surface area contributed by atoms with E-state index < -0.39 is 16.1 Å². The topological polar surface area (TPSA) is 78.9 Å². The number of halogens is 1. The van der Waals surface area contributed by atoms with Crippen LogP contribution in [0.25, 0.3) is 0 Å². The number of hydrogen-bond donors (Lipinski definition) is 0. The first-order chi connectivity index (χ1) is 10.9. The molecular formula is C15H13BrO6S. The van der Waals surface area contributed by atoms with Crippen molar-refractivity contribution in [3.05, 3.63) is 52.5 Å². The van der Waals surface area contributed by atoms with Gasteiger partial charge in [0.05, 0.1) is 24.3 Å². The zero-order chi connectivity index (χ0) is 17.0. The van der Waals surface area contributed by atoms with Crippen molar-refractivity contribution in [2.45, 2.75) is 4.90 Å². The van der Waals surface area contributed by atoms with E-state index in [9.17, 15) is 13.2 Å². The number of esters is 1. The minimum Gasteiger partial charge on any atom is -0.496 e. The average Bonchev–Trinajstić information content (AvgIpc) is 2.53. The maximum atomic E-state index is 12.3. The van der Waals surface area contributed by atoms with Crippen molar-refractivity contribution in [2.75, 3.05) is 14.2 Å². The third-order valence-electron chi connectivity index (χ3n) is 2.87. The van der Waals surface area contributed by atoms with Crippen LogP contribution in [0, 0.1) is 0 Å². The number of benzene rings is 2. The van der Waals surface area contributed by atoms with Gasteiger partial charge in [0, 0.05) is 0 Å². The summed E-state index contributed by atoms with van der Waals surface area (Å²) in [6, 6.07) is 9.97. The molecule has 0 N–H and O–H groups in total. The van der Waals surface area contributed by atoms with Gasteiger partial charge in [-0.2, -0.15) is 8.42 Å². The summed E-state index contributed by atoms with van der Waals surface area (Å²) >= 11 is 3.22. The SMILES string of the molecule is COC(=O)c1cccc(OS(=O)(=O)c2ccc(OC)c(Br)c2)c1. The summed E-state index contributed by atoms with van der Waals surface area (Å²) in [5, 5.41) is 0. The molecule has 2 rings (SSSR count). The molecule has 122 valence electrons. The summed E-state index contributed by atoms with van der Waals surface area (Å²) in [5.41, 5.74) is 0.191. The van der Waals surface area contributed by atoms with Crippen molar-refractivity contribution in [2.24, 2.45) is 0 Å². The van der Waals surface area contributed by atoms with Gasteiger partial charge in [-0.15, -0.1) is 0 Å². The summed E-state index contributed by atoms with van der Waals surface area (Å²) in [5.74, 6) is -0.0727. The lowest BCUT2D eigenvalue weighted by atomic mass is 10.2. The lowest BCUT2D eigenvalue weighted by Crippen LogP contribution is -2.10. The molecule has 8 heteroatoms. The number of carbonyl (C=O) groups is 1. The maximum absolute atomic E-state index is 12.3. The van der Waals surface area contributed by atoms with Gasteiger partial charge < -0.3 is 13.7 Å². The predicted molar refractivity (Wildman–Crippen MR) is 86.3 cm³/mol. The Morgan fingerprint density at radius 1 is 1.09 bits per heavy atom. The van der Waals surface area contributed by atoms with Crippen molar-refractivity contribution in [3.8, 4) is 11.5 Å². The lowest BCUT2D eigenvalue weighted by molar-refractivity contribution is 0.0600. The molecule has 2 aromatic carbocycles. The first kappa shape index (κ1) is 17.3. The van der Waals surface area contributed by atoms with E-state index >= 15 is 0 Å². The molecule has 2 aromatic rings. The highest BCUT2D eigenvalue weighted by atomic mass is 79.9. The third-order valence-corrected chi connectivity index (χ3v) is 4.74. The molecule has 6 nitrogen and oxygen atoms in total. The predicted octanol–water partition coefficient (Wildman–Crippen LogP) is 3.01. The largest absolute Gasteiger partial charge is 0.496 e. The Kier molecular flexibility index (Phi) is 5.27. The maximum Gasteiger partial charge on any atom is 0.339 e. The second-order valence-corrected chi connectivity index (χ2v) is 6.75. The van der Waals surface area contributed by atoms with Crippen LogP contribution in [0.2, 0.25) is 0 Å². The van der Waals surface area contributed by atoms with Crippen LogP contribution >= 0.6 is 15.9 Å². The number of methoxy groups -OCH3 is 2. The zero-order valence-electron chi connectivity index (χ0n) is 12.3. The molecule has 0 amide bonds. The Morgan fingerprint density at radius 3 is 2.43 bits per heavy atom. The molecule has 0 bridgehead atoms. The molecule has 23 heavy (non-hydrogen) atoms. The van der Waals surface area contributed by atoms with Crippen LogP contribution in [0.4, 0.5) is 0 Å². The molecule has 0 radical (unpaired) electrons. The number of carbonyl (C=O) groups excluding carboxylic acids is 1. The highest BCUT2D eigenvalue weighted by Crippen LogP contribution is 2.29. The van der Waals surface area contributed by atoms with Gasteiger partial charge in [-0.25, -0.2) is 4.79 Å². The molecule has 0 aliphatic heterocycles. The Morgan fingerprint density at radius 2 is 1.83 bits per heavy atom. The first-order valence-electron chi connectivity index (χ1n) is 6.34. The van der Waals surface area contributed by atoms with Crippen LogP contribution in [0.3, 0.4) is 0 Å². The van der Waals surface area contributed by atoms with Gasteiger partial charge in [0.15, 0.2) is 0 Å². The lowest BCUT2D eigenvalue weighted by Gasteiger charge is -2.09. The third kappa shape index (κ3) is 4.02. The van der Waals surface area contributed by atoms with Gasteiger partial charge in [0.2, 0.25) is 0 Å². The van der Waals surface area contributed by atoms with Crippen molar-refractivity contribution in [1.29, 1.82) is 0 Å². The number of rotatable bonds is 5. The fourth-order valence-corrected chi connectivity index (χ4v) is 3.41. The van der Waals surface area contributed by atoms with E-state index in [1.807, 2.05) is 0 Å². The minimum atomic E-state index is -4.05. The van der Waals surface area contributed by atoms with Crippen LogP contribution < -0.4 is 8.92 Å². The van der Waals surface area contributed by atoms with Crippen molar-refractivity contribution in [1.82, 2.24) is 0 Å². The highest BCUT2D eigenvalue weighted by Gasteiger charge is 2.19. The van der Waals surface area contributed by atoms with E-state index in [0.29, 0.717) is 10.2 Å². The average molecular weight is 401 g/mol. The van der Waals surface area contributed by atoms with Crippen LogP contribution in [-0.2, 0) is 14.9 Å². The molecular weight excluding hydrogens is 388 g/mol. The van der Waals surface area contributed by atoms with Crippen LogP contribution in [0.5, 0.6) is 11.5 Å². The standard InChI is InChI=1S/C15H13BrO6S/c1-20-14-7-6-12(9-13(14)16)23(18,19)22-11-5-3-4-10(8-11)15(17)21-2/h3-9H,1-2H3. The van der Waals surface area contributed by atoms with E-state index in [1.165, 1.54) is 56.7 Å². The van der Waals surface area contributed by atoms with Crippen molar-refractivity contribution < 1.29 is 26.9 Å². The zero-order valence-corrected chi connectivity index (χ0v) is 14.7. The second-order valence-electron chi connectivity index (χ2n) is 4.35. The fourth-order valence-electron chi connectivity index (χ4n) is 1.77. The van der Waals surface area contributed by atoms with Gasteiger partial charge in [-0.3, -0.25) is 0 Å². The van der Waals surface area contributed by atoms with E-state index in [2.05, 4.69) is 20.7 Å². The van der Waals surface area contributed by atoms with Crippen molar-refractivity contribution in [3.63, 3.8) is 0 Å². The molecule has 0 heterocycles. The van der Waals surface area contributed by atoms with Gasteiger partial charge in [-0.05, 0) is 52.3 Å². The van der Waals surface area contributed by atoms with Gasteiger partial charge in [-0.1, -0.05) is 6.07 Å². The molecule has 0 atom stereocenters. The molecule has 0 unspecified atom stereocenters. The molecule has 0 fully saturated rings. The summed E-state index contributed by atoms with van der Waals surface area (Å²) < 4.78 is 39.8. The molecule has 0 saturated heterocycles. The molecule has 0 saturated carbocycles. The molecule has 0 spiro atoms. The van der Waals surface area contributed by atoms with E-state index in [0.717, 1.165) is 0 Å². The van der Waals surface area contributed by atoms with Gasteiger partial charge in [0.25, 0.3) is 0 Å².